The van der Waals surface area contributed by atoms with E-state index in [2.05, 4.69) is 48.1 Å². The normalized spacial score (nSPS) is 12.3. The van der Waals surface area contributed by atoms with Crippen molar-refractivity contribution in [2.24, 2.45) is 5.73 Å². The number of hydrogen-bond acceptors (Lipinski definition) is 3. The number of nitrogens with zero attached hydrogens (tertiary/aromatic N) is 2. The lowest BCUT2D eigenvalue weighted by Gasteiger charge is -2.10. The second kappa shape index (κ2) is 7.15. The highest BCUT2D eigenvalue weighted by atomic mass is 14.9. The van der Waals surface area contributed by atoms with E-state index in [4.69, 9.17) is 5.73 Å². The van der Waals surface area contributed by atoms with Gasteiger partial charge in [-0.3, -0.25) is 0 Å². The Labute approximate surface area is 121 Å². The van der Waals surface area contributed by atoms with Gasteiger partial charge < -0.3 is 5.73 Å². The van der Waals surface area contributed by atoms with Gasteiger partial charge in [-0.05, 0) is 31.0 Å². The molecule has 3 heteroatoms. The van der Waals surface area contributed by atoms with Gasteiger partial charge in [-0.25, -0.2) is 9.97 Å². The highest BCUT2D eigenvalue weighted by Gasteiger charge is 2.09. The van der Waals surface area contributed by atoms with Crippen LogP contribution < -0.4 is 5.73 Å². The second-order valence-electron chi connectivity index (χ2n) is 5.23. The van der Waals surface area contributed by atoms with Gasteiger partial charge >= 0.3 is 0 Å². The third-order valence-corrected chi connectivity index (χ3v) is 3.50. The van der Waals surface area contributed by atoms with Gasteiger partial charge in [0.1, 0.15) is 5.82 Å². The molecule has 0 saturated heterocycles. The first kappa shape index (κ1) is 14.7. The Bertz CT molecular complexity index is 534. The van der Waals surface area contributed by atoms with Crippen LogP contribution in [0.3, 0.4) is 0 Å². The lowest BCUT2D eigenvalue weighted by Crippen LogP contribution is -2.08. The Morgan fingerprint density at radius 1 is 1.15 bits per heavy atom. The van der Waals surface area contributed by atoms with E-state index in [1.165, 1.54) is 12.0 Å². The number of hydrogen-bond donors (Lipinski definition) is 1. The molecule has 106 valence electrons. The number of benzene rings is 1. The van der Waals surface area contributed by atoms with Crippen molar-refractivity contribution >= 4 is 0 Å². The predicted octanol–water partition coefficient (Wildman–Crippen LogP) is 3.55. The Morgan fingerprint density at radius 3 is 2.55 bits per heavy atom. The molecule has 20 heavy (non-hydrogen) atoms. The van der Waals surface area contributed by atoms with Crippen molar-refractivity contribution < 1.29 is 0 Å². The molecule has 1 aromatic carbocycles. The first-order chi connectivity index (χ1) is 9.74. The molecule has 2 N–H and O–H groups in total. The van der Waals surface area contributed by atoms with Gasteiger partial charge in [0, 0.05) is 17.7 Å². The van der Waals surface area contributed by atoms with E-state index in [9.17, 15) is 0 Å². The first-order valence-electron chi connectivity index (χ1n) is 7.37. The number of nitrogens with two attached hydrogens (primary N) is 1. The molecule has 0 amide bonds. The summed E-state index contributed by atoms with van der Waals surface area (Å²) < 4.78 is 0. The number of aryl methyl sites for hydroxylation is 1. The van der Waals surface area contributed by atoms with Gasteiger partial charge in [-0.2, -0.15) is 0 Å². The number of aromatic nitrogens is 2. The summed E-state index contributed by atoms with van der Waals surface area (Å²) in [6.45, 7) is 4.99. The van der Waals surface area contributed by atoms with Crippen LogP contribution in [-0.4, -0.2) is 16.5 Å². The number of rotatable bonds is 6. The molecular weight excluding hydrogens is 246 g/mol. The van der Waals surface area contributed by atoms with E-state index in [-0.39, 0.29) is 0 Å². The summed E-state index contributed by atoms with van der Waals surface area (Å²) in [6.07, 6.45) is 5.06. The van der Waals surface area contributed by atoms with Crippen molar-refractivity contribution in [1.29, 1.82) is 0 Å². The minimum Gasteiger partial charge on any atom is -0.330 e. The minimum atomic E-state index is 0.305. The molecule has 1 atom stereocenters. The van der Waals surface area contributed by atoms with Crippen LogP contribution in [0.1, 0.15) is 44.0 Å². The SMILES string of the molecule is CCCc1ccc(-c2ccnc(C(C)CCN)n2)cc1. The van der Waals surface area contributed by atoms with Gasteiger partial charge in [0.05, 0.1) is 5.69 Å². The van der Waals surface area contributed by atoms with Crippen LogP contribution in [0.25, 0.3) is 11.3 Å². The fourth-order valence-electron chi connectivity index (χ4n) is 2.28. The molecule has 3 nitrogen and oxygen atoms in total. The maximum Gasteiger partial charge on any atom is 0.131 e. The molecule has 1 aromatic heterocycles. The highest BCUT2D eigenvalue weighted by Crippen LogP contribution is 2.21. The van der Waals surface area contributed by atoms with Gasteiger partial charge in [0.2, 0.25) is 0 Å². The minimum absolute atomic E-state index is 0.305. The summed E-state index contributed by atoms with van der Waals surface area (Å²) in [5.41, 5.74) is 9.12. The Kier molecular flexibility index (Phi) is 5.24. The summed E-state index contributed by atoms with van der Waals surface area (Å²) in [7, 11) is 0. The van der Waals surface area contributed by atoms with Gasteiger partial charge in [-0.15, -0.1) is 0 Å². The summed E-state index contributed by atoms with van der Waals surface area (Å²) in [6, 6.07) is 10.6. The molecule has 0 aliphatic rings. The van der Waals surface area contributed by atoms with Crippen LogP contribution in [-0.2, 0) is 6.42 Å². The summed E-state index contributed by atoms with van der Waals surface area (Å²) in [4.78, 5) is 9.03. The third kappa shape index (κ3) is 3.64. The fourth-order valence-corrected chi connectivity index (χ4v) is 2.28. The van der Waals surface area contributed by atoms with E-state index in [0.29, 0.717) is 12.5 Å². The second-order valence-corrected chi connectivity index (χ2v) is 5.23. The lowest BCUT2D eigenvalue weighted by molar-refractivity contribution is 0.647. The van der Waals surface area contributed by atoms with Crippen molar-refractivity contribution in [3.63, 3.8) is 0 Å². The van der Waals surface area contributed by atoms with E-state index >= 15 is 0 Å². The average Bonchev–Trinajstić information content (AvgIpc) is 2.49. The standard InChI is InChI=1S/C17H23N3/c1-3-4-14-5-7-15(8-6-14)16-10-12-19-17(20-16)13(2)9-11-18/h5-8,10,12-13H,3-4,9,11,18H2,1-2H3. The van der Waals surface area contributed by atoms with Crippen LogP contribution >= 0.6 is 0 Å². The van der Waals surface area contributed by atoms with Gasteiger partial charge in [0.15, 0.2) is 0 Å². The maximum absolute atomic E-state index is 5.61. The summed E-state index contributed by atoms with van der Waals surface area (Å²) in [5, 5.41) is 0. The molecule has 2 rings (SSSR count). The zero-order valence-corrected chi connectivity index (χ0v) is 12.3. The van der Waals surface area contributed by atoms with Crippen LogP contribution in [0, 0.1) is 0 Å². The first-order valence-corrected chi connectivity index (χ1v) is 7.37. The van der Waals surface area contributed by atoms with E-state index in [0.717, 1.165) is 29.9 Å². The molecule has 0 bridgehead atoms. The third-order valence-electron chi connectivity index (χ3n) is 3.50. The van der Waals surface area contributed by atoms with Crippen LogP contribution in [0.5, 0.6) is 0 Å². The summed E-state index contributed by atoms with van der Waals surface area (Å²) >= 11 is 0. The molecule has 0 aliphatic carbocycles. The Morgan fingerprint density at radius 2 is 1.90 bits per heavy atom. The molecule has 0 fully saturated rings. The molecule has 0 radical (unpaired) electrons. The average molecular weight is 269 g/mol. The molecule has 0 saturated carbocycles. The largest absolute Gasteiger partial charge is 0.330 e. The molecule has 0 aliphatic heterocycles. The molecule has 1 heterocycles. The Hall–Kier alpha value is -1.74. The molecule has 2 aromatic rings. The lowest BCUT2D eigenvalue weighted by atomic mass is 10.0. The van der Waals surface area contributed by atoms with Crippen LogP contribution in [0.4, 0.5) is 0 Å². The van der Waals surface area contributed by atoms with Crippen molar-refractivity contribution in [3.8, 4) is 11.3 Å². The van der Waals surface area contributed by atoms with Crippen LogP contribution in [0.15, 0.2) is 36.5 Å². The van der Waals surface area contributed by atoms with Gasteiger partial charge in [-0.1, -0.05) is 44.5 Å². The quantitative estimate of drug-likeness (QED) is 0.872. The fraction of sp³-hybridized carbons (Fsp3) is 0.412. The topological polar surface area (TPSA) is 51.8 Å². The highest BCUT2D eigenvalue weighted by molar-refractivity contribution is 5.59. The summed E-state index contributed by atoms with van der Waals surface area (Å²) in [5.74, 6) is 1.19. The van der Waals surface area contributed by atoms with E-state index < -0.39 is 0 Å². The smallest absolute Gasteiger partial charge is 0.131 e. The van der Waals surface area contributed by atoms with Crippen molar-refractivity contribution in [2.75, 3.05) is 6.54 Å². The maximum atomic E-state index is 5.61. The van der Waals surface area contributed by atoms with E-state index in [1.54, 1.807) is 0 Å². The zero-order valence-electron chi connectivity index (χ0n) is 12.3. The van der Waals surface area contributed by atoms with Crippen molar-refractivity contribution in [1.82, 2.24) is 9.97 Å². The predicted molar refractivity (Wildman–Crippen MR) is 83.5 cm³/mol. The molecule has 0 spiro atoms. The van der Waals surface area contributed by atoms with Crippen molar-refractivity contribution in [3.05, 3.63) is 47.9 Å². The molecule has 1 unspecified atom stereocenters. The van der Waals surface area contributed by atoms with Crippen LogP contribution in [0.2, 0.25) is 0 Å². The molecular formula is C17H23N3. The van der Waals surface area contributed by atoms with Crippen molar-refractivity contribution in [2.45, 2.75) is 39.0 Å². The van der Waals surface area contributed by atoms with E-state index in [1.807, 2.05) is 12.3 Å². The zero-order chi connectivity index (χ0) is 14.4. The monoisotopic (exact) mass is 269 g/mol. The van der Waals surface area contributed by atoms with Gasteiger partial charge in [0.25, 0.3) is 0 Å². The Balaban J connectivity index is 2.21.